The third-order valence-electron chi connectivity index (χ3n) is 3.90. The molecule has 0 saturated heterocycles. The number of amides is 1. The summed E-state index contributed by atoms with van der Waals surface area (Å²) >= 11 is 0. The molecule has 6 nitrogen and oxygen atoms in total. The number of hydrogen-bond acceptors (Lipinski definition) is 4. The molecule has 2 heterocycles. The van der Waals surface area contributed by atoms with Crippen LogP contribution < -0.4 is 5.32 Å². The highest BCUT2D eigenvalue weighted by atomic mass is 16.4. The van der Waals surface area contributed by atoms with Crippen molar-refractivity contribution in [3.8, 4) is 11.6 Å². The summed E-state index contributed by atoms with van der Waals surface area (Å²) in [7, 11) is 0. The lowest BCUT2D eigenvalue weighted by Gasteiger charge is -2.21. The van der Waals surface area contributed by atoms with E-state index in [1.54, 1.807) is 0 Å². The molecule has 0 fully saturated rings. The zero-order chi connectivity index (χ0) is 18.9. The highest BCUT2D eigenvalue weighted by molar-refractivity contribution is 5.88. The van der Waals surface area contributed by atoms with Crippen LogP contribution in [0.25, 0.3) is 22.5 Å². The molecule has 26 heavy (non-hydrogen) atoms. The molecule has 0 spiro atoms. The van der Waals surface area contributed by atoms with Gasteiger partial charge in [-0.25, -0.2) is 0 Å². The van der Waals surface area contributed by atoms with E-state index in [4.69, 9.17) is 4.42 Å². The van der Waals surface area contributed by atoms with E-state index in [1.165, 1.54) is 0 Å². The fourth-order valence-electron chi connectivity index (χ4n) is 2.95. The molecule has 1 aromatic carbocycles. The fourth-order valence-corrected chi connectivity index (χ4v) is 2.95. The number of carbonyl (C=O) groups is 1. The van der Waals surface area contributed by atoms with Crippen LogP contribution >= 0.6 is 0 Å². The molecule has 0 saturated carbocycles. The Labute approximate surface area is 153 Å². The van der Waals surface area contributed by atoms with Crippen molar-refractivity contribution in [1.29, 1.82) is 0 Å². The van der Waals surface area contributed by atoms with Crippen molar-refractivity contribution in [3.63, 3.8) is 0 Å². The Morgan fingerprint density at radius 1 is 1.23 bits per heavy atom. The first-order chi connectivity index (χ1) is 12.2. The minimum absolute atomic E-state index is 0.0537. The first kappa shape index (κ1) is 18.2. The molecule has 0 bridgehead atoms. The van der Waals surface area contributed by atoms with E-state index in [0.29, 0.717) is 17.7 Å². The van der Waals surface area contributed by atoms with E-state index < -0.39 is 0 Å². The standard InChI is InChI=1S/C20H26N4O2/c1-13(2)10-18-22-23-19(26-18)16-11-14-8-6-7-9-15(14)24(16)12-17(25)21-20(3,4)5/h6-9,11,13H,10,12H2,1-5H3,(H,21,25). The van der Waals surface area contributed by atoms with Gasteiger partial charge in [-0.2, -0.15) is 0 Å². The zero-order valence-electron chi connectivity index (χ0n) is 16.0. The van der Waals surface area contributed by atoms with Gasteiger partial charge in [0.15, 0.2) is 0 Å². The van der Waals surface area contributed by atoms with E-state index in [9.17, 15) is 4.79 Å². The lowest BCUT2D eigenvalue weighted by atomic mass is 10.1. The monoisotopic (exact) mass is 354 g/mol. The molecule has 0 aliphatic carbocycles. The maximum Gasteiger partial charge on any atom is 0.264 e. The smallest absolute Gasteiger partial charge is 0.264 e. The Bertz CT molecular complexity index is 915. The predicted octanol–water partition coefficient (Wildman–Crippen LogP) is 3.80. The van der Waals surface area contributed by atoms with Crippen molar-refractivity contribution >= 4 is 16.8 Å². The number of carbonyl (C=O) groups excluding carboxylic acids is 1. The van der Waals surface area contributed by atoms with Gasteiger partial charge in [0.05, 0.1) is 0 Å². The molecule has 3 aromatic rings. The normalized spacial score (nSPS) is 12.1. The van der Waals surface area contributed by atoms with Crippen LogP contribution in [-0.4, -0.2) is 26.2 Å². The van der Waals surface area contributed by atoms with E-state index in [-0.39, 0.29) is 18.0 Å². The van der Waals surface area contributed by atoms with E-state index in [0.717, 1.165) is 23.0 Å². The Kier molecular flexibility index (Phi) is 4.85. The lowest BCUT2D eigenvalue weighted by Crippen LogP contribution is -2.42. The largest absolute Gasteiger partial charge is 0.419 e. The molecule has 138 valence electrons. The van der Waals surface area contributed by atoms with Gasteiger partial charge in [-0.1, -0.05) is 32.0 Å². The van der Waals surface area contributed by atoms with Gasteiger partial charge in [0.25, 0.3) is 5.89 Å². The van der Waals surface area contributed by atoms with E-state index in [2.05, 4.69) is 29.4 Å². The lowest BCUT2D eigenvalue weighted by molar-refractivity contribution is -0.122. The summed E-state index contributed by atoms with van der Waals surface area (Å²) in [5, 5.41) is 12.4. The fraction of sp³-hybridized carbons (Fsp3) is 0.450. The van der Waals surface area contributed by atoms with Crippen LogP contribution in [0.3, 0.4) is 0 Å². The van der Waals surface area contributed by atoms with Crippen LogP contribution in [0.15, 0.2) is 34.7 Å². The second kappa shape index (κ2) is 6.94. The number of nitrogens with one attached hydrogen (secondary N) is 1. The van der Waals surface area contributed by atoms with Crippen molar-refractivity contribution in [1.82, 2.24) is 20.1 Å². The SMILES string of the molecule is CC(C)Cc1nnc(-c2cc3ccccc3n2CC(=O)NC(C)(C)C)o1. The first-order valence-electron chi connectivity index (χ1n) is 8.95. The van der Waals surface area contributed by atoms with Crippen LogP contribution in [0.5, 0.6) is 0 Å². The van der Waals surface area contributed by atoms with Gasteiger partial charge in [0.2, 0.25) is 11.8 Å². The average molecular weight is 354 g/mol. The third kappa shape index (κ3) is 4.12. The number of nitrogens with zero attached hydrogens (tertiary/aromatic N) is 3. The Morgan fingerprint density at radius 2 is 1.96 bits per heavy atom. The predicted molar refractivity (Wildman–Crippen MR) is 102 cm³/mol. The summed E-state index contributed by atoms with van der Waals surface area (Å²) in [4.78, 5) is 12.5. The first-order valence-corrected chi connectivity index (χ1v) is 8.95. The number of fused-ring (bicyclic) bond motifs is 1. The summed E-state index contributed by atoms with van der Waals surface area (Å²) in [5.41, 5.74) is 1.45. The second-order valence-electron chi connectivity index (χ2n) is 8.07. The molecule has 0 unspecified atom stereocenters. The van der Waals surface area contributed by atoms with Crippen molar-refractivity contribution in [2.75, 3.05) is 0 Å². The average Bonchev–Trinajstić information content (AvgIpc) is 3.10. The number of hydrogen-bond donors (Lipinski definition) is 1. The summed E-state index contributed by atoms with van der Waals surface area (Å²) < 4.78 is 7.79. The van der Waals surface area contributed by atoms with Crippen LogP contribution in [-0.2, 0) is 17.8 Å². The van der Waals surface area contributed by atoms with E-state index in [1.807, 2.05) is 55.7 Å². The molecule has 0 radical (unpaired) electrons. The maximum atomic E-state index is 12.5. The second-order valence-corrected chi connectivity index (χ2v) is 8.07. The molecule has 2 aromatic heterocycles. The maximum absolute atomic E-state index is 12.5. The van der Waals surface area contributed by atoms with Crippen LogP contribution in [0.2, 0.25) is 0 Å². The summed E-state index contributed by atoms with van der Waals surface area (Å²) in [6, 6.07) is 9.94. The molecule has 3 rings (SSSR count). The molecule has 6 heteroatoms. The molecule has 0 atom stereocenters. The highest BCUT2D eigenvalue weighted by Crippen LogP contribution is 2.28. The Morgan fingerprint density at radius 3 is 2.65 bits per heavy atom. The molecule has 0 aliphatic heterocycles. The highest BCUT2D eigenvalue weighted by Gasteiger charge is 2.20. The Hall–Kier alpha value is -2.63. The van der Waals surface area contributed by atoms with Gasteiger partial charge in [-0.15, -0.1) is 10.2 Å². The number of para-hydroxylation sites is 1. The van der Waals surface area contributed by atoms with E-state index >= 15 is 0 Å². The van der Waals surface area contributed by atoms with Crippen molar-refractivity contribution in [2.45, 2.75) is 53.1 Å². The zero-order valence-corrected chi connectivity index (χ0v) is 16.0. The van der Waals surface area contributed by atoms with Crippen LogP contribution in [0.1, 0.15) is 40.5 Å². The number of aromatic nitrogens is 3. The summed E-state index contributed by atoms with van der Waals surface area (Å²) in [5.74, 6) is 1.44. The van der Waals surface area contributed by atoms with Crippen molar-refractivity contribution in [3.05, 3.63) is 36.2 Å². The van der Waals surface area contributed by atoms with Gasteiger partial charge in [0, 0.05) is 22.9 Å². The molecule has 1 amide bonds. The Balaban J connectivity index is 1.99. The molecular weight excluding hydrogens is 328 g/mol. The van der Waals surface area contributed by atoms with Gasteiger partial charge in [-0.3, -0.25) is 4.79 Å². The third-order valence-corrected chi connectivity index (χ3v) is 3.90. The minimum Gasteiger partial charge on any atom is -0.419 e. The van der Waals surface area contributed by atoms with Crippen LogP contribution in [0.4, 0.5) is 0 Å². The van der Waals surface area contributed by atoms with Crippen molar-refractivity contribution < 1.29 is 9.21 Å². The van der Waals surface area contributed by atoms with Gasteiger partial charge >= 0.3 is 0 Å². The molecular formula is C20H26N4O2. The van der Waals surface area contributed by atoms with Gasteiger partial charge in [0.1, 0.15) is 12.2 Å². The topological polar surface area (TPSA) is 73.0 Å². The molecule has 0 aliphatic rings. The van der Waals surface area contributed by atoms with Crippen molar-refractivity contribution in [2.24, 2.45) is 5.92 Å². The number of benzene rings is 1. The number of rotatable bonds is 5. The minimum atomic E-state index is -0.283. The quantitative estimate of drug-likeness (QED) is 0.756. The summed E-state index contributed by atoms with van der Waals surface area (Å²) in [6.07, 6.45) is 0.734. The van der Waals surface area contributed by atoms with Crippen LogP contribution in [0, 0.1) is 5.92 Å². The summed E-state index contributed by atoms with van der Waals surface area (Å²) in [6.45, 7) is 10.3. The molecule has 1 N–H and O–H groups in total. The van der Waals surface area contributed by atoms with Gasteiger partial charge in [-0.05, 0) is 38.8 Å². The van der Waals surface area contributed by atoms with Gasteiger partial charge < -0.3 is 14.3 Å².